The largest absolute Gasteiger partial charge is 0.357 e. The number of methoxy groups -OCH3 is 1. The van der Waals surface area contributed by atoms with E-state index < -0.39 is 4.93 Å². The van der Waals surface area contributed by atoms with E-state index in [9.17, 15) is 4.79 Å². The molecule has 0 saturated carbocycles. The maximum Gasteiger partial charge on any atom is 0.264 e. The Balaban J connectivity index is 2.19. The molecule has 1 N–H and O–H groups in total. The van der Waals surface area contributed by atoms with E-state index in [0.717, 1.165) is 18.1 Å². The minimum Gasteiger partial charge on any atom is -0.357 e. The summed E-state index contributed by atoms with van der Waals surface area (Å²) in [5, 5.41) is 3.50. The molecule has 1 aromatic heterocycles. The minimum atomic E-state index is -0.951. The van der Waals surface area contributed by atoms with Gasteiger partial charge in [0.05, 0.1) is 5.03 Å². The van der Waals surface area contributed by atoms with E-state index in [-0.39, 0.29) is 5.91 Å². The van der Waals surface area contributed by atoms with E-state index in [4.69, 9.17) is 4.74 Å². The van der Waals surface area contributed by atoms with Crippen LogP contribution in [-0.2, 0) is 9.53 Å². The monoisotopic (exact) mass is 295 g/mol. The first-order chi connectivity index (χ1) is 9.70. The van der Waals surface area contributed by atoms with E-state index in [1.54, 1.807) is 20.4 Å². The number of aromatic nitrogens is 1. The number of thioether (sulfide) groups is 1. The van der Waals surface area contributed by atoms with Crippen LogP contribution < -0.4 is 5.32 Å². The van der Waals surface area contributed by atoms with Gasteiger partial charge in [-0.25, -0.2) is 4.98 Å². The summed E-state index contributed by atoms with van der Waals surface area (Å²) < 4.78 is 5.63. The zero-order valence-corrected chi connectivity index (χ0v) is 12.8. The van der Waals surface area contributed by atoms with Crippen LogP contribution in [0.5, 0.6) is 0 Å². The number of nitrogens with one attached hydrogen (secondary N) is 1. The average Bonchev–Trinajstić information content (AvgIpc) is 2.99. The molecule has 110 valence electrons. The molecule has 1 aromatic rings. The highest BCUT2D eigenvalue weighted by Crippen LogP contribution is 2.34. The number of rotatable bonds is 6. The average molecular weight is 295 g/mol. The third kappa shape index (κ3) is 3.50. The fourth-order valence-corrected chi connectivity index (χ4v) is 3.47. The highest BCUT2D eigenvalue weighted by molar-refractivity contribution is 8.01. The first-order valence-corrected chi connectivity index (χ1v) is 7.61. The van der Waals surface area contributed by atoms with Gasteiger partial charge in [0, 0.05) is 26.9 Å². The lowest BCUT2D eigenvalue weighted by Gasteiger charge is -2.33. The Hall–Kier alpha value is -1.11. The molecule has 1 aliphatic rings. The highest BCUT2D eigenvalue weighted by atomic mass is 32.2. The van der Waals surface area contributed by atoms with Crippen molar-refractivity contribution in [1.29, 1.82) is 0 Å². The van der Waals surface area contributed by atoms with Gasteiger partial charge in [0.25, 0.3) is 5.91 Å². The van der Waals surface area contributed by atoms with Crippen molar-refractivity contribution in [3.8, 4) is 0 Å². The Kier molecular flexibility index (Phi) is 5.39. The predicted octanol–water partition coefficient (Wildman–Crippen LogP) is 1.36. The second-order valence-electron chi connectivity index (χ2n) is 4.79. The highest BCUT2D eigenvalue weighted by Gasteiger charge is 2.42. The zero-order chi connectivity index (χ0) is 14.4. The number of carbonyl (C=O) groups is 1. The molecule has 0 radical (unpaired) electrons. The van der Waals surface area contributed by atoms with E-state index >= 15 is 0 Å². The maximum absolute atomic E-state index is 12.3. The molecule has 0 spiro atoms. The summed E-state index contributed by atoms with van der Waals surface area (Å²) in [7, 11) is 3.22. The zero-order valence-electron chi connectivity index (χ0n) is 12.0. The SMILES string of the molecule is CNC(=O)C(CN1CCCC1)(OC)Sc1ccccn1. The van der Waals surface area contributed by atoms with Crippen LogP contribution >= 0.6 is 11.8 Å². The topological polar surface area (TPSA) is 54.5 Å². The van der Waals surface area contributed by atoms with Gasteiger partial charge in [-0.1, -0.05) is 17.8 Å². The molecular weight excluding hydrogens is 274 g/mol. The Morgan fingerprint density at radius 1 is 1.50 bits per heavy atom. The molecular formula is C14H21N3O2S. The summed E-state index contributed by atoms with van der Waals surface area (Å²) in [6, 6.07) is 5.67. The van der Waals surface area contributed by atoms with Crippen molar-refractivity contribution in [2.24, 2.45) is 0 Å². The molecule has 1 fully saturated rings. The van der Waals surface area contributed by atoms with Gasteiger partial charge < -0.3 is 10.1 Å². The lowest BCUT2D eigenvalue weighted by atomic mass is 10.3. The number of amides is 1. The van der Waals surface area contributed by atoms with Crippen molar-refractivity contribution in [1.82, 2.24) is 15.2 Å². The van der Waals surface area contributed by atoms with Gasteiger partial charge >= 0.3 is 0 Å². The maximum atomic E-state index is 12.3. The normalized spacial score (nSPS) is 18.7. The molecule has 0 aromatic carbocycles. The number of hydrogen-bond acceptors (Lipinski definition) is 5. The lowest BCUT2D eigenvalue weighted by molar-refractivity contribution is -0.134. The number of pyridine rings is 1. The van der Waals surface area contributed by atoms with Crippen molar-refractivity contribution >= 4 is 17.7 Å². The van der Waals surface area contributed by atoms with Gasteiger partial charge in [0.2, 0.25) is 4.93 Å². The van der Waals surface area contributed by atoms with Crippen molar-refractivity contribution in [3.63, 3.8) is 0 Å². The van der Waals surface area contributed by atoms with E-state index in [2.05, 4.69) is 15.2 Å². The number of ether oxygens (including phenoxy) is 1. The molecule has 2 heterocycles. The number of hydrogen-bond donors (Lipinski definition) is 1. The molecule has 1 amide bonds. The standard InChI is InChI=1S/C14H21N3O2S/c1-15-13(18)14(19-2,11-17-9-5-6-10-17)20-12-7-3-4-8-16-12/h3-4,7-8H,5-6,9-11H2,1-2H3,(H,15,18). The molecule has 1 saturated heterocycles. The Bertz CT molecular complexity index is 437. The van der Waals surface area contributed by atoms with Crippen LogP contribution in [0.1, 0.15) is 12.8 Å². The summed E-state index contributed by atoms with van der Waals surface area (Å²) in [6.07, 6.45) is 4.09. The van der Waals surface area contributed by atoms with Gasteiger partial charge in [-0.05, 0) is 38.1 Å². The van der Waals surface area contributed by atoms with Gasteiger partial charge in [0.15, 0.2) is 0 Å². The van der Waals surface area contributed by atoms with Crippen LogP contribution in [0.2, 0.25) is 0 Å². The third-order valence-corrected chi connectivity index (χ3v) is 4.70. The number of likely N-dealkylation sites (N-methyl/N-ethyl adjacent to an activating group) is 1. The predicted molar refractivity (Wildman–Crippen MR) is 79.6 cm³/mol. The second kappa shape index (κ2) is 7.06. The quantitative estimate of drug-likeness (QED) is 0.634. The van der Waals surface area contributed by atoms with Gasteiger partial charge in [-0.15, -0.1) is 0 Å². The fraction of sp³-hybridized carbons (Fsp3) is 0.571. The van der Waals surface area contributed by atoms with E-state index in [1.807, 2.05) is 18.2 Å². The smallest absolute Gasteiger partial charge is 0.264 e. The molecule has 6 heteroatoms. The van der Waals surface area contributed by atoms with E-state index in [0.29, 0.717) is 6.54 Å². The summed E-state index contributed by atoms with van der Waals surface area (Å²) in [4.78, 5) is 18.0. The molecule has 2 rings (SSSR count). The van der Waals surface area contributed by atoms with Crippen molar-refractivity contribution in [2.45, 2.75) is 22.8 Å². The van der Waals surface area contributed by atoms with Crippen LogP contribution in [0.4, 0.5) is 0 Å². The van der Waals surface area contributed by atoms with Crippen LogP contribution in [0.15, 0.2) is 29.4 Å². The van der Waals surface area contributed by atoms with Crippen LogP contribution in [0, 0.1) is 0 Å². The van der Waals surface area contributed by atoms with Gasteiger partial charge in [0.1, 0.15) is 0 Å². The molecule has 1 atom stereocenters. The van der Waals surface area contributed by atoms with E-state index in [1.165, 1.54) is 24.6 Å². The first kappa shape index (κ1) is 15.3. The molecule has 1 unspecified atom stereocenters. The van der Waals surface area contributed by atoms with Crippen molar-refractivity contribution in [3.05, 3.63) is 24.4 Å². The third-order valence-electron chi connectivity index (χ3n) is 3.44. The second-order valence-corrected chi connectivity index (χ2v) is 6.07. The number of carbonyl (C=O) groups excluding carboxylic acids is 1. The Morgan fingerprint density at radius 3 is 2.80 bits per heavy atom. The molecule has 0 aliphatic carbocycles. The molecule has 1 aliphatic heterocycles. The number of likely N-dealkylation sites (tertiary alicyclic amines) is 1. The minimum absolute atomic E-state index is 0.123. The van der Waals surface area contributed by atoms with Crippen molar-refractivity contribution < 1.29 is 9.53 Å². The summed E-state index contributed by atoms with van der Waals surface area (Å²) in [5.41, 5.74) is 0. The summed E-state index contributed by atoms with van der Waals surface area (Å²) >= 11 is 1.37. The summed E-state index contributed by atoms with van der Waals surface area (Å²) in [5.74, 6) is -0.123. The first-order valence-electron chi connectivity index (χ1n) is 6.80. The van der Waals surface area contributed by atoms with Gasteiger partial charge in [-0.3, -0.25) is 9.69 Å². The summed E-state index contributed by atoms with van der Waals surface area (Å²) in [6.45, 7) is 2.61. The molecule has 20 heavy (non-hydrogen) atoms. The van der Waals surface area contributed by atoms with Crippen molar-refractivity contribution in [2.75, 3.05) is 33.8 Å². The van der Waals surface area contributed by atoms with Crippen LogP contribution in [0.3, 0.4) is 0 Å². The van der Waals surface area contributed by atoms with Crippen LogP contribution in [-0.4, -0.2) is 54.5 Å². The van der Waals surface area contributed by atoms with Crippen LogP contribution in [0.25, 0.3) is 0 Å². The fourth-order valence-electron chi connectivity index (χ4n) is 2.35. The van der Waals surface area contributed by atoms with Gasteiger partial charge in [-0.2, -0.15) is 0 Å². The lowest BCUT2D eigenvalue weighted by Crippen LogP contribution is -2.51. The Morgan fingerprint density at radius 2 is 2.25 bits per heavy atom. The molecule has 0 bridgehead atoms. The Labute approximate surface area is 124 Å². The number of nitrogens with zero attached hydrogens (tertiary/aromatic N) is 2. The molecule has 5 nitrogen and oxygen atoms in total.